The Balaban J connectivity index is 1.69. The van der Waals surface area contributed by atoms with Crippen molar-refractivity contribution in [3.8, 4) is 0 Å². The van der Waals surface area contributed by atoms with Crippen molar-refractivity contribution < 1.29 is 9.18 Å². The van der Waals surface area contributed by atoms with Crippen LogP contribution >= 0.6 is 0 Å². The second-order valence-corrected chi connectivity index (χ2v) is 6.12. The molecule has 0 aliphatic carbocycles. The van der Waals surface area contributed by atoms with Gasteiger partial charge in [0.25, 0.3) is 5.91 Å². The van der Waals surface area contributed by atoms with Crippen molar-refractivity contribution >= 4 is 16.8 Å². The van der Waals surface area contributed by atoms with E-state index >= 15 is 0 Å². The van der Waals surface area contributed by atoms with Gasteiger partial charge in [0.1, 0.15) is 5.82 Å². The van der Waals surface area contributed by atoms with Gasteiger partial charge in [0.05, 0.1) is 0 Å². The fourth-order valence-corrected chi connectivity index (χ4v) is 3.32. The van der Waals surface area contributed by atoms with E-state index in [-0.39, 0.29) is 11.7 Å². The molecule has 23 heavy (non-hydrogen) atoms. The fraction of sp³-hybridized carbons (Fsp3) is 0.211. The van der Waals surface area contributed by atoms with Crippen molar-refractivity contribution in [2.45, 2.75) is 19.9 Å². The van der Waals surface area contributed by atoms with Crippen LogP contribution in [-0.2, 0) is 13.0 Å². The Hall–Kier alpha value is -2.62. The van der Waals surface area contributed by atoms with E-state index < -0.39 is 0 Å². The molecule has 116 valence electrons. The second-order valence-electron chi connectivity index (χ2n) is 6.12. The van der Waals surface area contributed by atoms with Crippen molar-refractivity contribution in [3.63, 3.8) is 0 Å². The van der Waals surface area contributed by atoms with Gasteiger partial charge in [-0.25, -0.2) is 4.39 Å². The van der Waals surface area contributed by atoms with Crippen LogP contribution < -0.4 is 0 Å². The van der Waals surface area contributed by atoms with E-state index in [1.54, 1.807) is 12.1 Å². The Morgan fingerprint density at radius 3 is 2.91 bits per heavy atom. The largest absolute Gasteiger partial charge is 0.358 e. The molecule has 1 aromatic heterocycles. The monoisotopic (exact) mass is 308 g/mol. The van der Waals surface area contributed by atoms with Crippen LogP contribution in [0.25, 0.3) is 10.9 Å². The van der Waals surface area contributed by atoms with Crippen LogP contribution in [0.1, 0.15) is 27.2 Å². The molecule has 1 aliphatic rings. The van der Waals surface area contributed by atoms with Crippen molar-refractivity contribution in [3.05, 3.63) is 70.7 Å². The summed E-state index contributed by atoms with van der Waals surface area (Å²) in [5.74, 6) is -0.216. The number of amides is 1. The Morgan fingerprint density at radius 2 is 2.09 bits per heavy atom. The molecule has 1 N–H and O–H groups in total. The number of hydrogen-bond acceptors (Lipinski definition) is 1. The number of H-pyrrole nitrogens is 1. The maximum absolute atomic E-state index is 13.6. The lowest BCUT2D eigenvalue weighted by atomic mass is 10.0. The van der Waals surface area contributed by atoms with Gasteiger partial charge >= 0.3 is 0 Å². The lowest BCUT2D eigenvalue weighted by Gasteiger charge is -2.27. The average molecular weight is 308 g/mol. The highest BCUT2D eigenvalue weighted by Crippen LogP contribution is 2.29. The summed E-state index contributed by atoms with van der Waals surface area (Å²) >= 11 is 0. The van der Waals surface area contributed by atoms with Gasteiger partial charge in [0, 0.05) is 47.2 Å². The number of rotatable bonds is 1. The zero-order valence-corrected chi connectivity index (χ0v) is 12.9. The normalized spacial score (nSPS) is 14.1. The predicted octanol–water partition coefficient (Wildman–Crippen LogP) is 3.81. The first-order valence-electron chi connectivity index (χ1n) is 7.77. The minimum absolute atomic E-state index is 0.0325. The number of aryl methyl sites for hydroxylation is 1. The Kier molecular flexibility index (Phi) is 3.18. The molecule has 0 saturated heterocycles. The maximum Gasteiger partial charge on any atom is 0.254 e. The zero-order valence-electron chi connectivity index (χ0n) is 12.9. The van der Waals surface area contributed by atoms with Gasteiger partial charge in [0.2, 0.25) is 0 Å². The molecule has 0 radical (unpaired) electrons. The molecule has 1 aliphatic heterocycles. The molecule has 2 heterocycles. The van der Waals surface area contributed by atoms with Gasteiger partial charge in [-0.05, 0) is 37.3 Å². The molecule has 0 unspecified atom stereocenters. The Bertz CT molecular complexity index is 913. The first kappa shape index (κ1) is 14.0. The summed E-state index contributed by atoms with van der Waals surface area (Å²) < 4.78 is 13.6. The molecule has 0 atom stereocenters. The summed E-state index contributed by atoms with van der Waals surface area (Å²) in [6.45, 7) is 3.17. The van der Waals surface area contributed by atoms with Crippen LogP contribution in [0.2, 0.25) is 0 Å². The number of aromatic amines is 1. The summed E-state index contributed by atoms with van der Waals surface area (Å²) in [7, 11) is 0. The predicted molar refractivity (Wildman–Crippen MR) is 87.9 cm³/mol. The number of nitrogens with zero attached hydrogens (tertiary/aromatic N) is 1. The molecule has 0 bridgehead atoms. The number of hydrogen-bond donors (Lipinski definition) is 1. The fourth-order valence-electron chi connectivity index (χ4n) is 3.32. The number of nitrogens with one attached hydrogen (secondary N) is 1. The second kappa shape index (κ2) is 5.23. The van der Waals surface area contributed by atoms with E-state index in [0.29, 0.717) is 18.7 Å². The van der Waals surface area contributed by atoms with Crippen LogP contribution in [0, 0.1) is 12.7 Å². The molecule has 1 amide bonds. The minimum Gasteiger partial charge on any atom is -0.358 e. The highest BCUT2D eigenvalue weighted by molar-refractivity contribution is 5.95. The quantitative estimate of drug-likeness (QED) is 0.729. The number of carbonyl (C=O) groups is 1. The summed E-state index contributed by atoms with van der Waals surface area (Å²) in [6, 6.07) is 12.4. The number of halogens is 1. The minimum atomic E-state index is -0.249. The summed E-state index contributed by atoms with van der Waals surface area (Å²) in [6.07, 6.45) is 0.767. The number of carbonyl (C=O) groups excluding carboxylic acids is 1. The third-order valence-corrected chi connectivity index (χ3v) is 4.49. The van der Waals surface area contributed by atoms with Crippen molar-refractivity contribution in [1.82, 2.24) is 9.88 Å². The SMILES string of the molecule is Cc1cccc(C(=O)N2CCc3[nH]c4ccc(F)cc4c3C2)c1. The summed E-state index contributed by atoms with van der Waals surface area (Å²) in [5.41, 5.74) is 4.86. The topological polar surface area (TPSA) is 36.1 Å². The van der Waals surface area contributed by atoms with Crippen LogP contribution in [0.5, 0.6) is 0 Å². The van der Waals surface area contributed by atoms with Gasteiger partial charge in [-0.1, -0.05) is 17.7 Å². The first-order valence-corrected chi connectivity index (χ1v) is 7.77. The van der Waals surface area contributed by atoms with E-state index in [2.05, 4.69) is 4.98 Å². The third kappa shape index (κ3) is 2.40. The molecule has 0 spiro atoms. The van der Waals surface area contributed by atoms with E-state index in [1.807, 2.05) is 36.1 Å². The highest BCUT2D eigenvalue weighted by atomic mass is 19.1. The maximum atomic E-state index is 13.6. The molecule has 3 aromatic rings. The van der Waals surface area contributed by atoms with E-state index in [9.17, 15) is 9.18 Å². The molecule has 4 heteroatoms. The standard InChI is InChI=1S/C19H17FN2O/c1-12-3-2-4-13(9-12)19(23)22-8-7-18-16(11-22)15-10-14(20)5-6-17(15)21-18/h2-6,9-10,21H,7-8,11H2,1H3. The van der Waals surface area contributed by atoms with Gasteiger partial charge in [-0.2, -0.15) is 0 Å². The van der Waals surface area contributed by atoms with Crippen molar-refractivity contribution in [2.24, 2.45) is 0 Å². The molecule has 0 saturated carbocycles. The lowest BCUT2D eigenvalue weighted by molar-refractivity contribution is 0.0735. The molecular weight excluding hydrogens is 291 g/mol. The highest BCUT2D eigenvalue weighted by Gasteiger charge is 2.25. The first-order chi connectivity index (χ1) is 11.1. The van der Waals surface area contributed by atoms with Crippen LogP contribution in [0.3, 0.4) is 0 Å². The van der Waals surface area contributed by atoms with Crippen molar-refractivity contribution in [1.29, 1.82) is 0 Å². The number of benzene rings is 2. The zero-order chi connectivity index (χ0) is 16.0. The van der Waals surface area contributed by atoms with Gasteiger partial charge < -0.3 is 9.88 Å². The molecular formula is C19H17FN2O. The Morgan fingerprint density at radius 1 is 1.22 bits per heavy atom. The Labute approximate surface area is 133 Å². The van der Waals surface area contributed by atoms with E-state index in [0.717, 1.165) is 34.1 Å². The number of aromatic nitrogens is 1. The molecule has 2 aromatic carbocycles. The van der Waals surface area contributed by atoms with Crippen LogP contribution in [-0.4, -0.2) is 22.3 Å². The third-order valence-electron chi connectivity index (χ3n) is 4.49. The molecule has 3 nitrogen and oxygen atoms in total. The van der Waals surface area contributed by atoms with Gasteiger partial charge in [-0.3, -0.25) is 4.79 Å². The number of fused-ring (bicyclic) bond motifs is 3. The molecule has 0 fully saturated rings. The van der Waals surface area contributed by atoms with Gasteiger partial charge in [0.15, 0.2) is 0 Å². The average Bonchev–Trinajstić information content (AvgIpc) is 2.91. The molecule has 4 rings (SSSR count). The lowest BCUT2D eigenvalue weighted by Crippen LogP contribution is -2.35. The van der Waals surface area contributed by atoms with Crippen LogP contribution in [0.4, 0.5) is 4.39 Å². The smallest absolute Gasteiger partial charge is 0.254 e. The summed E-state index contributed by atoms with van der Waals surface area (Å²) in [4.78, 5) is 17.9. The van der Waals surface area contributed by atoms with E-state index in [4.69, 9.17) is 0 Å². The van der Waals surface area contributed by atoms with Crippen LogP contribution in [0.15, 0.2) is 42.5 Å². The van der Waals surface area contributed by atoms with Crippen molar-refractivity contribution in [2.75, 3.05) is 6.54 Å². The summed E-state index contributed by atoms with van der Waals surface area (Å²) in [5, 5.41) is 0.877. The van der Waals surface area contributed by atoms with Gasteiger partial charge in [-0.15, -0.1) is 0 Å². The van der Waals surface area contributed by atoms with E-state index in [1.165, 1.54) is 6.07 Å².